The van der Waals surface area contributed by atoms with Gasteiger partial charge in [-0.1, -0.05) is 36.8 Å². The third-order valence-corrected chi connectivity index (χ3v) is 4.51. The van der Waals surface area contributed by atoms with E-state index < -0.39 is 0 Å². The fourth-order valence-electron chi connectivity index (χ4n) is 3.25. The molecule has 1 aliphatic rings. The Kier molecular flexibility index (Phi) is 11.1. The van der Waals surface area contributed by atoms with Gasteiger partial charge in [0, 0.05) is 39.3 Å². The summed E-state index contributed by atoms with van der Waals surface area (Å²) in [5, 5.41) is 6.85. The molecule has 0 saturated carbocycles. The number of guanidine groups is 1. The van der Waals surface area contributed by atoms with E-state index in [4.69, 9.17) is 4.74 Å². The lowest BCUT2D eigenvalue weighted by Crippen LogP contribution is -2.50. The summed E-state index contributed by atoms with van der Waals surface area (Å²) in [6, 6.07) is 11.5. The second-order valence-electron chi connectivity index (χ2n) is 6.56. The summed E-state index contributed by atoms with van der Waals surface area (Å²) >= 11 is 0. The molecule has 0 spiro atoms. The first kappa shape index (κ1) is 22.2. The summed E-state index contributed by atoms with van der Waals surface area (Å²) in [5.41, 5.74) is 1.39. The van der Waals surface area contributed by atoms with Crippen LogP contribution in [0.1, 0.15) is 31.7 Å². The summed E-state index contributed by atoms with van der Waals surface area (Å²) in [4.78, 5) is 6.92. The van der Waals surface area contributed by atoms with Crippen LogP contribution in [0.4, 0.5) is 0 Å². The molecule has 0 aromatic heterocycles. The molecule has 1 heterocycles. The summed E-state index contributed by atoms with van der Waals surface area (Å²) < 4.78 is 5.17. The van der Waals surface area contributed by atoms with Crippen molar-refractivity contribution in [1.29, 1.82) is 0 Å². The van der Waals surface area contributed by atoms with Crippen LogP contribution < -0.4 is 10.6 Å². The van der Waals surface area contributed by atoms with E-state index >= 15 is 0 Å². The molecule has 1 aromatic carbocycles. The molecule has 142 valence electrons. The number of rotatable bonds is 7. The lowest BCUT2D eigenvalue weighted by molar-refractivity contribution is 0.141. The molecule has 2 rings (SSSR count). The number of ether oxygens (including phenoxy) is 1. The Bertz CT molecular complexity index is 497. The summed E-state index contributed by atoms with van der Waals surface area (Å²) in [6.07, 6.45) is 3.84. The third-order valence-electron chi connectivity index (χ3n) is 4.51. The van der Waals surface area contributed by atoms with Crippen LogP contribution in [0.3, 0.4) is 0 Å². The maximum Gasteiger partial charge on any atom is 0.191 e. The van der Waals surface area contributed by atoms with Crippen molar-refractivity contribution in [2.75, 3.05) is 33.9 Å². The smallest absolute Gasteiger partial charge is 0.191 e. The number of hydrogen-bond donors (Lipinski definition) is 2. The number of likely N-dealkylation sites (tertiary alicyclic amines) is 1. The minimum Gasteiger partial charge on any atom is -0.383 e. The predicted octanol–water partition coefficient (Wildman–Crippen LogP) is 2.86. The van der Waals surface area contributed by atoms with Gasteiger partial charge in [-0.3, -0.25) is 9.89 Å². The van der Waals surface area contributed by atoms with Crippen molar-refractivity contribution in [1.82, 2.24) is 15.5 Å². The number of benzene rings is 1. The predicted molar refractivity (Wildman–Crippen MR) is 116 cm³/mol. The Morgan fingerprint density at radius 1 is 1.32 bits per heavy atom. The van der Waals surface area contributed by atoms with Crippen LogP contribution in [-0.4, -0.2) is 56.8 Å². The highest BCUT2D eigenvalue weighted by Gasteiger charge is 2.22. The number of aliphatic imine (C=N–C) groups is 1. The van der Waals surface area contributed by atoms with Gasteiger partial charge in [-0.15, -0.1) is 24.0 Å². The maximum absolute atomic E-state index is 5.17. The quantitative estimate of drug-likeness (QED) is 0.373. The number of nitrogens with zero attached hydrogens (tertiary/aromatic N) is 2. The Morgan fingerprint density at radius 3 is 2.76 bits per heavy atom. The van der Waals surface area contributed by atoms with Crippen molar-refractivity contribution in [3.63, 3.8) is 0 Å². The van der Waals surface area contributed by atoms with Gasteiger partial charge in [-0.2, -0.15) is 0 Å². The van der Waals surface area contributed by atoms with Crippen LogP contribution in [0.5, 0.6) is 0 Å². The molecule has 1 aromatic rings. The number of hydrogen-bond acceptors (Lipinski definition) is 3. The monoisotopic (exact) mass is 460 g/mol. The highest BCUT2D eigenvalue weighted by atomic mass is 127. The lowest BCUT2D eigenvalue weighted by Gasteiger charge is -2.36. The van der Waals surface area contributed by atoms with Gasteiger partial charge in [0.1, 0.15) is 0 Å². The van der Waals surface area contributed by atoms with Crippen LogP contribution >= 0.6 is 24.0 Å². The fourth-order valence-corrected chi connectivity index (χ4v) is 3.25. The van der Waals surface area contributed by atoms with Gasteiger partial charge in [0.05, 0.1) is 6.61 Å². The molecule has 1 saturated heterocycles. The maximum atomic E-state index is 5.17. The van der Waals surface area contributed by atoms with Crippen molar-refractivity contribution < 1.29 is 4.74 Å². The standard InChI is InChI=1S/C19H32N4O.HI/c1-16(15-24-3)22-19(20-2)21-13-18-11-7-8-12-23(18)14-17-9-5-4-6-10-17;/h4-6,9-10,16,18H,7-8,11-15H2,1-3H3,(H2,20,21,22);1H. The first-order valence-corrected chi connectivity index (χ1v) is 8.97. The van der Waals surface area contributed by atoms with Gasteiger partial charge in [0.25, 0.3) is 0 Å². The van der Waals surface area contributed by atoms with Crippen LogP contribution in [0.2, 0.25) is 0 Å². The normalized spacial score (nSPS) is 19.8. The average molecular weight is 460 g/mol. The number of halogens is 1. The van der Waals surface area contributed by atoms with Crippen molar-refractivity contribution >= 4 is 29.9 Å². The van der Waals surface area contributed by atoms with E-state index in [2.05, 4.69) is 57.8 Å². The van der Waals surface area contributed by atoms with Crippen molar-refractivity contribution in [3.05, 3.63) is 35.9 Å². The van der Waals surface area contributed by atoms with Crippen LogP contribution in [0, 0.1) is 0 Å². The highest BCUT2D eigenvalue weighted by Crippen LogP contribution is 2.19. The number of nitrogens with one attached hydrogen (secondary N) is 2. The zero-order valence-corrected chi connectivity index (χ0v) is 18.0. The Hall–Kier alpha value is -0.860. The van der Waals surface area contributed by atoms with Gasteiger partial charge in [-0.25, -0.2) is 0 Å². The van der Waals surface area contributed by atoms with E-state index in [-0.39, 0.29) is 30.0 Å². The van der Waals surface area contributed by atoms with E-state index in [0.29, 0.717) is 12.6 Å². The van der Waals surface area contributed by atoms with Crippen molar-refractivity contribution in [2.45, 2.75) is 44.8 Å². The molecule has 0 radical (unpaired) electrons. The van der Waals surface area contributed by atoms with Gasteiger partial charge in [-0.05, 0) is 31.9 Å². The van der Waals surface area contributed by atoms with Crippen LogP contribution in [-0.2, 0) is 11.3 Å². The molecular weight excluding hydrogens is 427 g/mol. The zero-order chi connectivity index (χ0) is 17.2. The first-order chi connectivity index (χ1) is 11.7. The SMILES string of the molecule is CN=C(NCC1CCCCN1Cc1ccccc1)NC(C)COC.I. The third kappa shape index (κ3) is 7.92. The van der Waals surface area contributed by atoms with Gasteiger partial charge in [0.15, 0.2) is 5.96 Å². The Labute approximate surface area is 169 Å². The molecule has 0 bridgehead atoms. The van der Waals surface area contributed by atoms with Gasteiger partial charge in [0.2, 0.25) is 0 Å². The highest BCUT2D eigenvalue weighted by molar-refractivity contribution is 14.0. The topological polar surface area (TPSA) is 48.9 Å². The molecule has 1 fully saturated rings. The summed E-state index contributed by atoms with van der Waals surface area (Å²) in [5.74, 6) is 0.852. The van der Waals surface area contributed by atoms with Gasteiger partial charge < -0.3 is 15.4 Å². The Balaban J connectivity index is 0.00000312. The van der Waals surface area contributed by atoms with Gasteiger partial charge >= 0.3 is 0 Å². The van der Waals surface area contributed by atoms with Crippen LogP contribution in [0.25, 0.3) is 0 Å². The lowest BCUT2D eigenvalue weighted by atomic mass is 10.0. The van der Waals surface area contributed by atoms with Crippen molar-refractivity contribution in [2.24, 2.45) is 4.99 Å². The van der Waals surface area contributed by atoms with E-state index in [1.165, 1.54) is 31.4 Å². The molecule has 6 heteroatoms. The molecular formula is C19H33IN4O. The summed E-state index contributed by atoms with van der Waals surface area (Å²) in [6.45, 7) is 5.89. The van der Waals surface area contributed by atoms with Crippen LogP contribution in [0.15, 0.2) is 35.3 Å². The number of methoxy groups -OCH3 is 1. The molecule has 2 unspecified atom stereocenters. The van der Waals surface area contributed by atoms with E-state index in [0.717, 1.165) is 19.0 Å². The van der Waals surface area contributed by atoms with E-state index in [1.807, 2.05) is 7.05 Å². The molecule has 0 aliphatic carbocycles. The second-order valence-corrected chi connectivity index (χ2v) is 6.56. The largest absolute Gasteiger partial charge is 0.383 e. The molecule has 0 amide bonds. The molecule has 2 atom stereocenters. The minimum atomic E-state index is 0. The minimum absolute atomic E-state index is 0. The fraction of sp³-hybridized carbons (Fsp3) is 0.632. The number of piperidine rings is 1. The average Bonchev–Trinajstić information content (AvgIpc) is 2.61. The van der Waals surface area contributed by atoms with E-state index in [9.17, 15) is 0 Å². The Morgan fingerprint density at radius 2 is 2.08 bits per heavy atom. The second kappa shape index (κ2) is 12.5. The summed E-state index contributed by atoms with van der Waals surface area (Å²) in [7, 11) is 3.54. The zero-order valence-electron chi connectivity index (χ0n) is 15.7. The molecule has 1 aliphatic heterocycles. The molecule has 5 nitrogen and oxygen atoms in total. The van der Waals surface area contributed by atoms with Crippen molar-refractivity contribution in [3.8, 4) is 0 Å². The molecule has 25 heavy (non-hydrogen) atoms. The first-order valence-electron chi connectivity index (χ1n) is 8.97. The molecule has 2 N–H and O–H groups in total. The van der Waals surface area contributed by atoms with E-state index in [1.54, 1.807) is 7.11 Å².